The highest BCUT2D eigenvalue weighted by Gasteiger charge is 2.19. The van der Waals surface area contributed by atoms with Crippen LogP contribution in [0.5, 0.6) is 5.75 Å². The first-order chi connectivity index (χ1) is 14.2. The van der Waals surface area contributed by atoms with Crippen molar-refractivity contribution in [3.8, 4) is 22.7 Å². The maximum atomic E-state index is 13.2. The molecule has 29 heavy (non-hydrogen) atoms. The number of anilines is 1. The number of hydrogen-bond acceptors (Lipinski definition) is 3. The molecule has 5 nitrogen and oxygen atoms in total. The molecular weight excluding hydrogens is 362 g/mol. The largest absolute Gasteiger partial charge is 0.495 e. The summed E-state index contributed by atoms with van der Waals surface area (Å²) in [6.07, 6.45) is 1.76. The number of carbonyl (C=O) groups is 1. The Balaban J connectivity index is 1.76. The Labute approximate surface area is 169 Å². The topological polar surface area (TPSA) is 56.1 Å². The lowest BCUT2D eigenvalue weighted by Gasteiger charge is -2.09. The number of aromatic nitrogens is 2. The Kier molecular flexibility index (Phi) is 5.12. The number of carbonyl (C=O) groups excluding carboxylic acids is 1. The average molecular weight is 383 g/mol. The van der Waals surface area contributed by atoms with E-state index in [1.54, 1.807) is 18.0 Å². The third kappa shape index (κ3) is 3.89. The van der Waals surface area contributed by atoms with Gasteiger partial charge in [0.25, 0.3) is 5.91 Å². The molecule has 1 amide bonds. The first kappa shape index (κ1) is 18.5. The van der Waals surface area contributed by atoms with Crippen molar-refractivity contribution in [2.45, 2.75) is 6.92 Å². The highest BCUT2D eigenvalue weighted by Crippen LogP contribution is 2.27. The van der Waals surface area contributed by atoms with Gasteiger partial charge in [-0.25, -0.2) is 4.68 Å². The number of amides is 1. The number of nitrogens with one attached hydrogen (secondary N) is 1. The maximum Gasteiger partial charge on any atom is 0.259 e. The van der Waals surface area contributed by atoms with Crippen LogP contribution in [0.4, 0.5) is 5.69 Å². The van der Waals surface area contributed by atoms with Gasteiger partial charge < -0.3 is 10.1 Å². The summed E-state index contributed by atoms with van der Waals surface area (Å²) in [4.78, 5) is 13.2. The molecule has 0 atom stereocenters. The fourth-order valence-corrected chi connectivity index (χ4v) is 3.12. The van der Waals surface area contributed by atoms with Crippen molar-refractivity contribution in [1.29, 1.82) is 0 Å². The van der Waals surface area contributed by atoms with Gasteiger partial charge in [0.05, 0.1) is 24.0 Å². The van der Waals surface area contributed by atoms with Gasteiger partial charge in [0.2, 0.25) is 0 Å². The van der Waals surface area contributed by atoms with E-state index >= 15 is 0 Å². The second-order valence-electron chi connectivity index (χ2n) is 6.69. The van der Waals surface area contributed by atoms with Crippen molar-refractivity contribution in [1.82, 2.24) is 9.78 Å². The molecule has 0 saturated carbocycles. The summed E-state index contributed by atoms with van der Waals surface area (Å²) in [5.41, 5.74) is 4.66. The van der Waals surface area contributed by atoms with Crippen molar-refractivity contribution in [2.24, 2.45) is 0 Å². The molecule has 0 unspecified atom stereocenters. The van der Waals surface area contributed by atoms with Crippen LogP contribution in [0.25, 0.3) is 16.9 Å². The van der Waals surface area contributed by atoms with Crippen LogP contribution in [0.15, 0.2) is 85.1 Å². The molecule has 0 bridgehead atoms. The Bertz CT molecular complexity index is 1130. The lowest BCUT2D eigenvalue weighted by Crippen LogP contribution is -2.13. The molecule has 0 aliphatic carbocycles. The number of para-hydroxylation sites is 2. The molecule has 5 heteroatoms. The Hall–Kier alpha value is -3.86. The Morgan fingerprint density at radius 3 is 2.34 bits per heavy atom. The van der Waals surface area contributed by atoms with Gasteiger partial charge in [0.1, 0.15) is 11.4 Å². The maximum absolute atomic E-state index is 13.2. The SMILES string of the molecule is COc1ccccc1NC(=O)c1cn(-c2ccc(C)cc2)nc1-c1ccccc1. The van der Waals surface area contributed by atoms with Crippen molar-refractivity contribution < 1.29 is 9.53 Å². The molecule has 1 N–H and O–H groups in total. The van der Waals surface area contributed by atoms with E-state index in [0.29, 0.717) is 22.7 Å². The quantitative estimate of drug-likeness (QED) is 0.521. The highest BCUT2D eigenvalue weighted by molar-refractivity contribution is 6.08. The number of benzene rings is 3. The molecule has 1 heterocycles. The van der Waals surface area contributed by atoms with E-state index in [4.69, 9.17) is 9.84 Å². The number of nitrogens with zero attached hydrogens (tertiary/aromatic N) is 2. The summed E-state index contributed by atoms with van der Waals surface area (Å²) in [6.45, 7) is 2.04. The Morgan fingerprint density at radius 1 is 0.931 bits per heavy atom. The van der Waals surface area contributed by atoms with Crippen LogP contribution in [0.2, 0.25) is 0 Å². The van der Waals surface area contributed by atoms with Gasteiger partial charge in [-0.3, -0.25) is 4.79 Å². The third-order valence-corrected chi connectivity index (χ3v) is 4.66. The van der Waals surface area contributed by atoms with E-state index in [1.807, 2.05) is 85.8 Å². The predicted octanol–water partition coefficient (Wildman–Crippen LogP) is 5.11. The second kappa shape index (κ2) is 8.02. The molecule has 0 spiro atoms. The zero-order valence-corrected chi connectivity index (χ0v) is 16.3. The first-order valence-corrected chi connectivity index (χ1v) is 9.32. The van der Waals surface area contributed by atoms with Gasteiger partial charge in [0.15, 0.2) is 0 Å². The minimum Gasteiger partial charge on any atom is -0.495 e. The summed E-state index contributed by atoms with van der Waals surface area (Å²) in [5, 5.41) is 7.65. The van der Waals surface area contributed by atoms with Gasteiger partial charge in [-0.15, -0.1) is 0 Å². The predicted molar refractivity (Wildman–Crippen MR) is 115 cm³/mol. The summed E-state index contributed by atoms with van der Waals surface area (Å²) in [6, 6.07) is 25.0. The molecule has 0 saturated heterocycles. The molecule has 3 aromatic carbocycles. The van der Waals surface area contributed by atoms with Crippen LogP contribution in [-0.2, 0) is 0 Å². The number of hydrogen-bond donors (Lipinski definition) is 1. The van der Waals surface area contributed by atoms with E-state index < -0.39 is 0 Å². The van der Waals surface area contributed by atoms with Gasteiger partial charge in [-0.2, -0.15) is 5.10 Å². The summed E-state index contributed by atoms with van der Waals surface area (Å²) in [5.74, 6) is 0.361. The molecule has 0 aliphatic rings. The van der Waals surface area contributed by atoms with Gasteiger partial charge in [-0.1, -0.05) is 60.2 Å². The average Bonchev–Trinajstić information content (AvgIpc) is 3.21. The molecule has 0 radical (unpaired) electrons. The smallest absolute Gasteiger partial charge is 0.259 e. The minimum absolute atomic E-state index is 0.244. The van der Waals surface area contributed by atoms with E-state index in [-0.39, 0.29) is 5.91 Å². The number of rotatable bonds is 5. The van der Waals surface area contributed by atoms with Crippen LogP contribution in [-0.4, -0.2) is 22.8 Å². The fraction of sp³-hybridized carbons (Fsp3) is 0.0833. The number of aryl methyl sites for hydroxylation is 1. The van der Waals surface area contributed by atoms with E-state index in [2.05, 4.69) is 5.32 Å². The summed E-state index contributed by atoms with van der Waals surface area (Å²) in [7, 11) is 1.58. The van der Waals surface area contributed by atoms with Crippen molar-refractivity contribution in [3.05, 3.63) is 96.2 Å². The van der Waals surface area contributed by atoms with Crippen molar-refractivity contribution in [2.75, 3.05) is 12.4 Å². The fourth-order valence-electron chi connectivity index (χ4n) is 3.12. The van der Waals surface area contributed by atoms with Crippen LogP contribution in [0.3, 0.4) is 0 Å². The van der Waals surface area contributed by atoms with Gasteiger partial charge in [-0.05, 0) is 31.2 Å². The Morgan fingerprint density at radius 2 is 1.62 bits per heavy atom. The van der Waals surface area contributed by atoms with Crippen LogP contribution < -0.4 is 10.1 Å². The van der Waals surface area contributed by atoms with Gasteiger partial charge >= 0.3 is 0 Å². The molecule has 1 aromatic heterocycles. The minimum atomic E-state index is -0.244. The zero-order chi connectivity index (χ0) is 20.2. The highest BCUT2D eigenvalue weighted by atomic mass is 16.5. The molecule has 4 rings (SSSR count). The molecule has 4 aromatic rings. The summed E-state index contributed by atoms with van der Waals surface area (Å²) < 4.78 is 7.08. The monoisotopic (exact) mass is 383 g/mol. The molecular formula is C24H21N3O2. The van der Waals surface area contributed by atoms with E-state index in [0.717, 1.165) is 11.3 Å². The normalized spacial score (nSPS) is 10.6. The van der Waals surface area contributed by atoms with Crippen LogP contribution in [0, 0.1) is 6.92 Å². The third-order valence-electron chi connectivity index (χ3n) is 4.66. The molecule has 0 fully saturated rings. The number of methoxy groups -OCH3 is 1. The summed E-state index contributed by atoms with van der Waals surface area (Å²) >= 11 is 0. The zero-order valence-electron chi connectivity index (χ0n) is 16.3. The lowest BCUT2D eigenvalue weighted by atomic mass is 10.1. The van der Waals surface area contributed by atoms with Crippen molar-refractivity contribution in [3.63, 3.8) is 0 Å². The second-order valence-corrected chi connectivity index (χ2v) is 6.69. The van der Waals surface area contributed by atoms with Crippen molar-refractivity contribution >= 4 is 11.6 Å². The van der Waals surface area contributed by atoms with Crippen LogP contribution >= 0.6 is 0 Å². The van der Waals surface area contributed by atoms with Gasteiger partial charge in [0, 0.05) is 11.8 Å². The molecule has 0 aliphatic heterocycles. The van der Waals surface area contributed by atoms with Crippen LogP contribution in [0.1, 0.15) is 15.9 Å². The molecule has 144 valence electrons. The first-order valence-electron chi connectivity index (χ1n) is 9.32. The van der Waals surface area contributed by atoms with E-state index in [1.165, 1.54) is 5.56 Å². The number of ether oxygens (including phenoxy) is 1. The standard InChI is InChI=1S/C24H21N3O2/c1-17-12-14-19(15-13-17)27-16-20(23(26-27)18-8-4-3-5-9-18)24(28)25-21-10-6-7-11-22(21)29-2/h3-16H,1-2H3,(H,25,28). The lowest BCUT2D eigenvalue weighted by molar-refractivity contribution is 0.102. The van der Waals surface area contributed by atoms with E-state index in [9.17, 15) is 4.79 Å².